The summed E-state index contributed by atoms with van der Waals surface area (Å²) >= 11 is 0. The third-order valence-corrected chi connectivity index (χ3v) is 6.31. The van der Waals surface area contributed by atoms with Gasteiger partial charge in [0.05, 0.1) is 6.20 Å². The van der Waals surface area contributed by atoms with Crippen molar-refractivity contribution in [2.75, 3.05) is 5.32 Å². The van der Waals surface area contributed by atoms with Crippen molar-refractivity contribution in [1.29, 1.82) is 0 Å². The van der Waals surface area contributed by atoms with Crippen molar-refractivity contribution < 1.29 is 23.4 Å². The molecule has 0 unspecified atom stereocenters. The molecular weight excluding hydrogens is 360 g/mol. The summed E-state index contributed by atoms with van der Waals surface area (Å²) in [4.78, 5) is 23.2. The monoisotopic (exact) mass is 387 g/mol. The van der Waals surface area contributed by atoms with Crippen LogP contribution in [0.3, 0.4) is 0 Å². The number of ether oxygens (including phenoxy) is 1. The molecule has 1 aromatic rings. The molecule has 4 atom stereocenters. The topological polar surface area (TPSA) is 93.5 Å². The number of nitrogens with one attached hydrogen (secondary N) is 1. The van der Waals surface area contributed by atoms with Crippen molar-refractivity contribution in [2.24, 2.45) is 23.2 Å². The molecule has 1 heterocycles. The number of alkyl halides is 2. The van der Waals surface area contributed by atoms with Gasteiger partial charge in [0.1, 0.15) is 12.2 Å². The maximum atomic E-state index is 12.8. The predicted molar refractivity (Wildman–Crippen MR) is 96.1 cm³/mol. The lowest BCUT2D eigenvalue weighted by Crippen LogP contribution is -2.48. The second-order valence-corrected chi connectivity index (χ2v) is 7.98. The second-order valence-electron chi connectivity index (χ2n) is 7.98. The highest BCUT2D eigenvalue weighted by Gasteiger charge is 2.43. The van der Waals surface area contributed by atoms with E-state index >= 15 is 0 Å². The minimum atomic E-state index is -3.21. The first-order valence-electron chi connectivity index (χ1n) is 8.98. The Balaban J connectivity index is 2.36. The highest BCUT2D eigenvalue weighted by atomic mass is 19.3. The van der Waals surface area contributed by atoms with E-state index in [0.717, 1.165) is 6.42 Å². The third-order valence-electron chi connectivity index (χ3n) is 6.31. The van der Waals surface area contributed by atoms with Crippen molar-refractivity contribution in [3.05, 3.63) is 16.6 Å². The molecule has 27 heavy (non-hydrogen) atoms. The first-order chi connectivity index (χ1) is 12.4. The van der Waals surface area contributed by atoms with E-state index in [1.807, 2.05) is 0 Å². The minimum absolute atomic E-state index is 0.0536. The number of hydrogen-bond acceptors (Lipinski definition) is 5. The Kier molecular flexibility index (Phi) is 6.11. The van der Waals surface area contributed by atoms with E-state index < -0.39 is 30.4 Å². The van der Waals surface area contributed by atoms with Gasteiger partial charge in [-0.25, -0.2) is 4.68 Å². The van der Waals surface area contributed by atoms with Crippen molar-refractivity contribution in [2.45, 2.75) is 60.2 Å². The van der Waals surface area contributed by atoms with Crippen LogP contribution in [0, 0.1) is 23.2 Å². The summed E-state index contributed by atoms with van der Waals surface area (Å²) in [6.45, 7) is 6.89. The Morgan fingerprint density at radius 3 is 2.63 bits per heavy atom. The fraction of sp³-hybridized carbons (Fsp3) is 0.722. The first kappa shape index (κ1) is 21.1. The molecule has 1 saturated carbocycles. The minimum Gasteiger partial charge on any atom is -0.480 e. The molecule has 0 bridgehead atoms. The highest BCUT2D eigenvalue weighted by Crippen LogP contribution is 2.48. The summed E-state index contributed by atoms with van der Waals surface area (Å²) in [6.07, 6.45) is 1.97. The van der Waals surface area contributed by atoms with Crippen LogP contribution in [0.25, 0.3) is 0 Å². The van der Waals surface area contributed by atoms with Crippen LogP contribution >= 0.6 is 0 Å². The third kappa shape index (κ3) is 4.39. The normalized spacial score (nSPS) is 27.4. The zero-order valence-corrected chi connectivity index (χ0v) is 16.2. The van der Waals surface area contributed by atoms with E-state index in [0.29, 0.717) is 16.5 Å². The van der Waals surface area contributed by atoms with Crippen LogP contribution < -0.4 is 15.6 Å². The molecule has 2 N–H and O–H groups in total. The Bertz CT molecular complexity index is 751. The Hall–Kier alpha value is -2.19. The van der Waals surface area contributed by atoms with Gasteiger partial charge in [-0.2, -0.15) is 13.9 Å². The fourth-order valence-electron chi connectivity index (χ4n) is 3.78. The average molecular weight is 387 g/mol. The molecule has 1 fully saturated rings. The molecular formula is C18H27F2N3O4. The van der Waals surface area contributed by atoms with Gasteiger partial charge in [0, 0.05) is 6.04 Å². The van der Waals surface area contributed by atoms with Crippen LogP contribution in [0.15, 0.2) is 11.0 Å². The van der Waals surface area contributed by atoms with E-state index in [4.69, 9.17) is 5.11 Å². The standard InChI is InChI=1S/C18H27F2N3O4/c1-9-6-12(10(2)11(3)18(9,4)5)22-13-7-21-23(8-14(24)25)16(26)15(13)27-17(19)20/h7,9-12,17,22H,6,8H2,1-5H3,(H,24,25)/t9-,10+,11+,12+/m0/s1. The van der Waals surface area contributed by atoms with Gasteiger partial charge >= 0.3 is 18.1 Å². The smallest absolute Gasteiger partial charge is 0.387 e. The van der Waals surface area contributed by atoms with E-state index in [1.165, 1.54) is 6.20 Å². The number of rotatable bonds is 6. The van der Waals surface area contributed by atoms with Crippen LogP contribution in [0.5, 0.6) is 5.75 Å². The van der Waals surface area contributed by atoms with Gasteiger partial charge < -0.3 is 15.2 Å². The van der Waals surface area contributed by atoms with Gasteiger partial charge in [0.2, 0.25) is 5.75 Å². The van der Waals surface area contributed by atoms with Gasteiger partial charge in [-0.1, -0.05) is 34.6 Å². The number of aliphatic carboxylic acids is 1. The molecule has 2 rings (SSSR count). The maximum absolute atomic E-state index is 12.8. The van der Waals surface area contributed by atoms with Crippen molar-refractivity contribution in [3.63, 3.8) is 0 Å². The average Bonchev–Trinajstić information content (AvgIpc) is 2.56. The van der Waals surface area contributed by atoms with Crippen LogP contribution in [-0.2, 0) is 11.3 Å². The summed E-state index contributed by atoms with van der Waals surface area (Å²) in [5, 5.41) is 15.8. The zero-order valence-electron chi connectivity index (χ0n) is 16.2. The molecule has 0 aliphatic heterocycles. The summed E-state index contributed by atoms with van der Waals surface area (Å²) in [5.41, 5.74) is -0.825. The number of aromatic nitrogens is 2. The summed E-state index contributed by atoms with van der Waals surface area (Å²) in [6, 6.07) is -0.0560. The van der Waals surface area contributed by atoms with Crippen LogP contribution in [0.4, 0.5) is 14.5 Å². The van der Waals surface area contributed by atoms with E-state index in [1.54, 1.807) is 0 Å². The number of carboxylic acids is 1. The first-order valence-corrected chi connectivity index (χ1v) is 8.98. The number of halogens is 2. The fourth-order valence-corrected chi connectivity index (χ4v) is 3.78. The molecule has 9 heteroatoms. The van der Waals surface area contributed by atoms with Gasteiger partial charge in [0.25, 0.3) is 0 Å². The predicted octanol–water partition coefficient (Wildman–Crippen LogP) is 3.05. The number of carbonyl (C=O) groups is 1. The zero-order chi connectivity index (χ0) is 20.5. The van der Waals surface area contributed by atoms with Gasteiger partial charge in [0.15, 0.2) is 0 Å². The van der Waals surface area contributed by atoms with Crippen LogP contribution in [0.2, 0.25) is 0 Å². The maximum Gasteiger partial charge on any atom is 0.387 e. The molecule has 152 valence electrons. The molecule has 1 aliphatic rings. The highest BCUT2D eigenvalue weighted by molar-refractivity contribution is 5.66. The molecule has 7 nitrogen and oxygen atoms in total. The Morgan fingerprint density at radius 1 is 1.44 bits per heavy atom. The number of anilines is 1. The lowest BCUT2D eigenvalue weighted by molar-refractivity contribution is -0.138. The largest absolute Gasteiger partial charge is 0.480 e. The second kappa shape index (κ2) is 7.82. The lowest BCUT2D eigenvalue weighted by atomic mass is 9.58. The summed E-state index contributed by atoms with van der Waals surface area (Å²) in [5.74, 6) is -0.964. The Morgan fingerprint density at radius 2 is 2.07 bits per heavy atom. The van der Waals surface area contributed by atoms with E-state index in [9.17, 15) is 18.4 Å². The van der Waals surface area contributed by atoms with E-state index in [2.05, 4.69) is 49.8 Å². The SMILES string of the molecule is C[C@@H]1[C@@H](C)C(C)(C)[C@@H](C)C[C@H]1Nc1cnn(CC(=O)O)c(=O)c1OC(F)F. The quantitative estimate of drug-likeness (QED) is 0.779. The molecule has 0 saturated heterocycles. The molecule has 0 amide bonds. The van der Waals surface area contributed by atoms with Gasteiger partial charge in [-0.05, 0) is 29.6 Å². The van der Waals surface area contributed by atoms with Gasteiger partial charge in [-0.3, -0.25) is 9.59 Å². The van der Waals surface area contributed by atoms with Crippen molar-refractivity contribution in [3.8, 4) is 5.75 Å². The number of carboxylic acid groups (broad SMARTS) is 1. The number of nitrogens with zero attached hydrogens (tertiary/aromatic N) is 2. The van der Waals surface area contributed by atoms with Crippen molar-refractivity contribution in [1.82, 2.24) is 9.78 Å². The summed E-state index contributed by atoms with van der Waals surface area (Å²) < 4.78 is 30.6. The molecule has 0 aromatic carbocycles. The molecule has 1 aliphatic carbocycles. The lowest BCUT2D eigenvalue weighted by Gasteiger charge is -2.50. The number of hydrogen-bond donors (Lipinski definition) is 2. The van der Waals surface area contributed by atoms with Crippen LogP contribution in [0.1, 0.15) is 41.0 Å². The van der Waals surface area contributed by atoms with Crippen LogP contribution in [-0.4, -0.2) is 33.5 Å². The Labute approximate surface area is 156 Å². The van der Waals surface area contributed by atoms with Crippen molar-refractivity contribution >= 4 is 11.7 Å². The summed E-state index contributed by atoms with van der Waals surface area (Å²) in [7, 11) is 0. The van der Waals surface area contributed by atoms with Gasteiger partial charge in [-0.15, -0.1) is 0 Å². The van der Waals surface area contributed by atoms with E-state index in [-0.39, 0.29) is 23.1 Å². The molecule has 0 radical (unpaired) electrons. The molecule has 1 aromatic heterocycles. The molecule has 0 spiro atoms.